The van der Waals surface area contributed by atoms with E-state index in [1.165, 1.54) is 11.1 Å². The predicted octanol–water partition coefficient (Wildman–Crippen LogP) is 4.01. The number of para-hydroxylation sites is 1. The highest BCUT2D eigenvalue weighted by Crippen LogP contribution is 2.28. The van der Waals surface area contributed by atoms with Gasteiger partial charge in [-0.2, -0.15) is 0 Å². The third-order valence-corrected chi connectivity index (χ3v) is 3.55. The van der Waals surface area contributed by atoms with Crippen molar-refractivity contribution in [3.63, 3.8) is 0 Å². The lowest BCUT2D eigenvalue weighted by Crippen LogP contribution is -2.28. The minimum Gasteiger partial charge on any atom is -0.366 e. The summed E-state index contributed by atoms with van der Waals surface area (Å²) in [6.07, 6.45) is 1.91. The van der Waals surface area contributed by atoms with Crippen LogP contribution in [0.25, 0.3) is 0 Å². The van der Waals surface area contributed by atoms with Gasteiger partial charge in [0, 0.05) is 6.42 Å². The molecule has 2 heteroatoms. The number of nitrogens with zero attached hydrogens (tertiary/aromatic N) is 1. The number of benzene rings is 2. The minimum absolute atomic E-state index is 0.309. The highest BCUT2D eigenvalue weighted by Gasteiger charge is 2.18. The molecule has 0 spiro atoms. The SMILES string of the molecule is CCC1=Nc2ccccc2CC(c2ccccc2)N1. The smallest absolute Gasteiger partial charge is 0.102 e. The number of hydrogen-bond acceptors (Lipinski definition) is 2. The maximum Gasteiger partial charge on any atom is 0.102 e. The highest BCUT2D eigenvalue weighted by molar-refractivity contribution is 5.86. The Kier molecular flexibility index (Phi) is 3.32. The van der Waals surface area contributed by atoms with E-state index in [4.69, 9.17) is 4.99 Å². The zero-order chi connectivity index (χ0) is 13.1. The van der Waals surface area contributed by atoms with Crippen LogP contribution >= 0.6 is 0 Å². The molecule has 3 rings (SSSR count). The lowest BCUT2D eigenvalue weighted by Gasteiger charge is -2.18. The van der Waals surface area contributed by atoms with E-state index in [0.717, 1.165) is 24.4 Å². The summed E-state index contributed by atoms with van der Waals surface area (Å²) in [5.41, 5.74) is 3.73. The summed E-state index contributed by atoms with van der Waals surface area (Å²) in [7, 11) is 0. The fourth-order valence-electron chi connectivity index (χ4n) is 2.51. The number of nitrogens with one attached hydrogen (secondary N) is 1. The van der Waals surface area contributed by atoms with Gasteiger partial charge < -0.3 is 5.32 Å². The van der Waals surface area contributed by atoms with E-state index in [-0.39, 0.29) is 0 Å². The zero-order valence-electron chi connectivity index (χ0n) is 11.1. The van der Waals surface area contributed by atoms with Crippen LogP contribution in [0.3, 0.4) is 0 Å². The van der Waals surface area contributed by atoms with Crippen molar-refractivity contribution < 1.29 is 0 Å². The van der Waals surface area contributed by atoms with Crippen LogP contribution in [-0.2, 0) is 6.42 Å². The van der Waals surface area contributed by atoms with E-state index in [0.29, 0.717) is 6.04 Å². The molecule has 2 aromatic carbocycles. The molecule has 2 nitrogen and oxygen atoms in total. The molecule has 96 valence electrons. The van der Waals surface area contributed by atoms with Crippen molar-refractivity contribution in [3.05, 3.63) is 65.7 Å². The molecule has 0 fully saturated rings. The van der Waals surface area contributed by atoms with Crippen molar-refractivity contribution in [1.29, 1.82) is 0 Å². The van der Waals surface area contributed by atoms with Crippen molar-refractivity contribution in [2.24, 2.45) is 4.99 Å². The van der Waals surface area contributed by atoms with Crippen molar-refractivity contribution in [1.82, 2.24) is 5.32 Å². The standard InChI is InChI=1S/C17H18N2/c1-2-17-18-15-11-7-6-10-14(15)12-16(19-17)13-8-4-3-5-9-13/h3-11,16H,2,12H2,1H3,(H,18,19). The van der Waals surface area contributed by atoms with Crippen LogP contribution in [0.15, 0.2) is 59.6 Å². The highest BCUT2D eigenvalue weighted by atomic mass is 15.0. The first-order valence-corrected chi connectivity index (χ1v) is 6.84. The molecule has 19 heavy (non-hydrogen) atoms. The average molecular weight is 250 g/mol. The number of fused-ring (bicyclic) bond motifs is 1. The molecule has 0 saturated carbocycles. The molecule has 1 unspecified atom stereocenters. The topological polar surface area (TPSA) is 24.4 Å². The van der Waals surface area contributed by atoms with Gasteiger partial charge in [-0.05, 0) is 23.6 Å². The van der Waals surface area contributed by atoms with E-state index in [2.05, 4.69) is 66.8 Å². The molecule has 0 aromatic heterocycles. The summed E-state index contributed by atoms with van der Waals surface area (Å²) in [6, 6.07) is 19.3. The maximum atomic E-state index is 4.74. The number of hydrogen-bond donors (Lipinski definition) is 1. The van der Waals surface area contributed by atoms with E-state index in [9.17, 15) is 0 Å². The van der Waals surface area contributed by atoms with Crippen molar-refractivity contribution >= 4 is 11.5 Å². The van der Waals surface area contributed by atoms with Gasteiger partial charge in [-0.1, -0.05) is 55.5 Å². The molecule has 0 amide bonds. The molecule has 1 atom stereocenters. The third kappa shape index (κ3) is 2.53. The molecule has 1 N–H and O–H groups in total. The Hall–Kier alpha value is -2.09. The van der Waals surface area contributed by atoms with E-state index in [1.54, 1.807) is 0 Å². The molecule has 0 radical (unpaired) electrons. The molecule has 2 aromatic rings. The molecule has 0 saturated heterocycles. The van der Waals surface area contributed by atoms with Gasteiger partial charge >= 0.3 is 0 Å². The fourth-order valence-corrected chi connectivity index (χ4v) is 2.51. The third-order valence-electron chi connectivity index (χ3n) is 3.55. The van der Waals surface area contributed by atoms with Gasteiger partial charge in [0.25, 0.3) is 0 Å². The van der Waals surface area contributed by atoms with Gasteiger partial charge in [0.1, 0.15) is 5.84 Å². The average Bonchev–Trinajstić information content (AvgIpc) is 2.67. The first-order chi connectivity index (χ1) is 9.36. The molecule has 0 bridgehead atoms. The van der Waals surface area contributed by atoms with Gasteiger partial charge in [-0.15, -0.1) is 0 Å². The second-order valence-electron chi connectivity index (χ2n) is 4.85. The van der Waals surface area contributed by atoms with Gasteiger partial charge in [-0.25, -0.2) is 4.99 Å². The Labute approximate surface area is 114 Å². The Morgan fingerprint density at radius 1 is 1.05 bits per heavy atom. The van der Waals surface area contributed by atoms with Crippen LogP contribution in [0.1, 0.15) is 30.5 Å². The van der Waals surface area contributed by atoms with Crippen LogP contribution < -0.4 is 5.32 Å². The van der Waals surface area contributed by atoms with Crippen molar-refractivity contribution in [2.45, 2.75) is 25.8 Å². The first-order valence-electron chi connectivity index (χ1n) is 6.84. The maximum absolute atomic E-state index is 4.74. The molecule has 0 aliphatic carbocycles. The van der Waals surface area contributed by atoms with Gasteiger partial charge in [-0.3, -0.25) is 0 Å². The van der Waals surface area contributed by atoms with E-state index < -0.39 is 0 Å². The summed E-state index contributed by atoms with van der Waals surface area (Å²) in [4.78, 5) is 4.74. The monoisotopic (exact) mass is 250 g/mol. The summed E-state index contributed by atoms with van der Waals surface area (Å²) in [5.74, 6) is 1.07. The Balaban J connectivity index is 2.00. The summed E-state index contributed by atoms with van der Waals surface area (Å²) in [5, 5.41) is 3.58. The summed E-state index contributed by atoms with van der Waals surface area (Å²) < 4.78 is 0. The van der Waals surface area contributed by atoms with E-state index in [1.807, 2.05) is 0 Å². The normalized spacial score (nSPS) is 17.9. The Morgan fingerprint density at radius 2 is 1.79 bits per heavy atom. The quantitative estimate of drug-likeness (QED) is 0.855. The van der Waals surface area contributed by atoms with Gasteiger partial charge in [0.15, 0.2) is 0 Å². The first kappa shape index (κ1) is 12.0. The Morgan fingerprint density at radius 3 is 2.58 bits per heavy atom. The predicted molar refractivity (Wildman–Crippen MR) is 79.9 cm³/mol. The van der Waals surface area contributed by atoms with Crippen LogP contribution in [0.5, 0.6) is 0 Å². The number of rotatable bonds is 2. The summed E-state index contributed by atoms with van der Waals surface area (Å²) >= 11 is 0. The van der Waals surface area contributed by atoms with Crippen LogP contribution in [0, 0.1) is 0 Å². The molecular weight excluding hydrogens is 232 g/mol. The van der Waals surface area contributed by atoms with Crippen molar-refractivity contribution in [3.8, 4) is 0 Å². The number of amidine groups is 1. The molecule has 1 aliphatic rings. The zero-order valence-corrected chi connectivity index (χ0v) is 11.1. The number of aliphatic imine (C=N–C) groups is 1. The molecule has 1 heterocycles. The lowest BCUT2D eigenvalue weighted by atomic mass is 9.98. The molecule has 1 aliphatic heterocycles. The van der Waals surface area contributed by atoms with Crippen LogP contribution in [0.4, 0.5) is 5.69 Å². The van der Waals surface area contributed by atoms with Crippen LogP contribution in [0.2, 0.25) is 0 Å². The van der Waals surface area contributed by atoms with Crippen LogP contribution in [-0.4, -0.2) is 5.84 Å². The van der Waals surface area contributed by atoms with E-state index >= 15 is 0 Å². The minimum atomic E-state index is 0.309. The van der Waals surface area contributed by atoms with Gasteiger partial charge in [0.05, 0.1) is 11.7 Å². The summed E-state index contributed by atoms with van der Waals surface area (Å²) in [6.45, 7) is 2.14. The van der Waals surface area contributed by atoms with Gasteiger partial charge in [0.2, 0.25) is 0 Å². The molecular formula is C17H18N2. The largest absolute Gasteiger partial charge is 0.366 e. The fraction of sp³-hybridized carbons (Fsp3) is 0.235. The second-order valence-corrected chi connectivity index (χ2v) is 4.85. The lowest BCUT2D eigenvalue weighted by molar-refractivity contribution is 0.645. The van der Waals surface area contributed by atoms with Crippen molar-refractivity contribution in [2.75, 3.05) is 0 Å². The Bertz CT molecular complexity index is 587. The second kappa shape index (κ2) is 5.27.